The molecule has 7 nitrogen and oxygen atoms in total. The molecule has 1 aromatic carbocycles. The van der Waals surface area contributed by atoms with Crippen molar-refractivity contribution in [1.82, 2.24) is 24.4 Å². The van der Waals surface area contributed by atoms with Gasteiger partial charge in [0, 0.05) is 19.1 Å². The highest BCUT2D eigenvalue weighted by molar-refractivity contribution is 5.83. The smallest absolute Gasteiger partial charge is 0.347 e. The fourth-order valence-electron chi connectivity index (χ4n) is 4.89. The lowest BCUT2D eigenvalue weighted by Gasteiger charge is -2.31. The molecule has 2 aliphatic rings. The number of Topliss-reactive ketones (excluding diaryl/α,β-unsaturated/α-hetero) is 1. The van der Waals surface area contributed by atoms with Crippen molar-refractivity contribution in [2.24, 2.45) is 5.92 Å². The van der Waals surface area contributed by atoms with Crippen LogP contribution in [0.2, 0.25) is 0 Å². The van der Waals surface area contributed by atoms with Gasteiger partial charge in [-0.15, -0.1) is 0 Å². The molecule has 0 radical (unpaired) electrons. The van der Waals surface area contributed by atoms with Crippen molar-refractivity contribution in [1.29, 1.82) is 0 Å². The summed E-state index contributed by atoms with van der Waals surface area (Å²) in [6, 6.07) is 5.63. The molecule has 0 amide bonds. The van der Waals surface area contributed by atoms with Crippen LogP contribution in [0, 0.1) is 5.92 Å². The van der Waals surface area contributed by atoms with E-state index in [4.69, 9.17) is 0 Å². The number of alkyl halides is 3. The van der Waals surface area contributed by atoms with Crippen LogP contribution in [0.4, 0.5) is 19.0 Å². The molecule has 0 N–H and O–H groups in total. The van der Waals surface area contributed by atoms with Gasteiger partial charge in [0.25, 0.3) is 0 Å². The van der Waals surface area contributed by atoms with Crippen LogP contribution in [-0.4, -0.2) is 55.9 Å². The van der Waals surface area contributed by atoms with Gasteiger partial charge in [-0.05, 0) is 69.3 Å². The number of ketones is 1. The zero-order valence-corrected chi connectivity index (χ0v) is 19.7. The standard InChI is InChI=1S/C25H29F3N6O/c1-17(35)12-32-10-8-19(9-11-32)13-33-16-31-22-23(33)29-15-30-24(22)34(21-6-7-21)14-18-2-4-20(5-3-18)25(26,27)28/h2-5,15-16,19,21H,6-14H2,1H3. The average molecular weight is 487 g/mol. The summed E-state index contributed by atoms with van der Waals surface area (Å²) >= 11 is 0. The first kappa shape index (κ1) is 23.7. The van der Waals surface area contributed by atoms with E-state index in [0.29, 0.717) is 25.0 Å². The molecule has 1 aliphatic carbocycles. The maximum absolute atomic E-state index is 12.9. The number of benzene rings is 1. The summed E-state index contributed by atoms with van der Waals surface area (Å²) < 4.78 is 40.9. The van der Waals surface area contributed by atoms with E-state index in [1.54, 1.807) is 13.3 Å². The molecule has 3 heterocycles. The first-order valence-electron chi connectivity index (χ1n) is 12.1. The second kappa shape index (κ2) is 9.56. The van der Waals surface area contributed by atoms with Crippen LogP contribution in [0.5, 0.6) is 0 Å². The topological polar surface area (TPSA) is 67.2 Å². The molecule has 0 spiro atoms. The van der Waals surface area contributed by atoms with Crippen molar-refractivity contribution in [3.63, 3.8) is 0 Å². The summed E-state index contributed by atoms with van der Waals surface area (Å²) in [5, 5.41) is 0. The average Bonchev–Trinajstić information content (AvgIpc) is 3.59. The number of anilines is 1. The zero-order chi connectivity index (χ0) is 24.6. The van der Waals surface area contributed by atoms with Gasteiger partial charge < -0.3 is 9.47 Å². The summed E-state index contributed by atoms with van der Waals surface area (Å²) in [5.74, 6) is 1.41. The molecule has 2 fully saturated rings. The van der Waals surface area contributed by atoms with Gasteiger partial charge in [0.1, 0.15) is 12.1 Å². The van der Waals surface area contributed by atoms with Crippen molar-refractivity contribution in [2.45, 2.75) is 57.9 Å². The third kappa shape index (κ3) is 5.47. The Kier molecular flexibility index (Phi) is 6.48. The molecule has 10 heteroatoms. The number of halogens is 3. The number of hydrogen-bond acceptors (Lipinski definition) is 6. The van der Waals surface area contributed by atoms with Crippen molar-refractivity contribution < 1.29 is 18.0 Å². The van der Waals surface area contributed by atoms with Gasteiger partial charge in [-0.3, -0.25) is 9.69 Å². The minimum Gasteiger partial charge on any atom is -0.347 e. The molecule has 5 rings (SSSR count). The van der Waals surface area contributed by atoms with E-state index in [9.17, 15) is 18.0 Å². The lowest BCUT2D eigenvalue weighted by atomic mass is 9.96. The highest BCUT2D eigenvalue weighted by Crippen LogP contribution is 2.36. The Hall–Kier alpha value is -3.01. The van der Waals surface area contributed by atoms with Crippen molar-refractivity contribution in [3.05, 3.63) is 48.0 Å². The third-order valence-corrected chi connectivity index (χ3v) is 6.88. The van der Waals surface area contributed by atoms with E-state index in [-0.39, 0.29) is 5.78 Å². The Labute approximate surface area is 202 Å². The van der Waals surface area contributed by atoms with Crippen molar-refractivity contribution in [2.75, 3.05) is 24.5 Å². The first-order chi connectivity index (χ1) is 16.8. The third-order valence-electron chi connectivity index (χ3n) is 6.88. The van der Waals surface area contributed by atoms with E-state index < -0.39 is 11.7 Å². The molecule has 0 atom stereocenters. The number of nitrogens with zero attached hydrogens (tertiary/aromatic N) is 6. The number of hydrogen-bond donors (Lipinski definition) is 0. The molecule has 35 heavy (non-hydrogen) atoms. The van der Waals surface area contributed by atoms with E-state index >= 15 is 0 Å². The van der Waals surface area contributed by atoms with Crippen LogP contribution in [0.1, 0.15) is 43.7 Å². The fourth-order valence-corrected chi connectivity index (χ4v) is 4.89. The second-order valence-corrected chi connectivity index (χ2v) is 9.74. The molecule has 0 bridgehead atoms. The van der Waals surface area contributed by atoms with E-state index in [0.717, 1.165) is 80.0 Å². The molecule has 1 saturated carbocycles. The Morgan fingerprint density at radius 1 is 1.06 bits per heavy atom. The maximum Gasteiger partial charge on any atom is 0.416 e. The van der Waals surface area contributed by atoms with Crippen LogP contribution in [0.3, 0.4) is 0 Å². The van der Waals surface area contributed by atoms with Crippen molar-refractivity contribution in [3.8, 4) is 0 Å². The van der Waals surface area contributed by atoms with Crippen LogP contribution in [-0.2, 0) is 24.1 Å². The van der Waals surface area contributed by atoms with Crippen molar-refractivity contribution >= 4 is 22.8 Å². The van der Waals surface area contributed by atoms with Crippen LogP contribution in [0.25, 0.3) is 11.2 Å². The predicted molar refractivity (Wildman–Crippen MR) is 126 cm³/mol. The minimum absolute atomic E-state index is 0.199. The minimum atomic E-state index is -4.34. The number of likely N-dealkylation sites (tertiary alicyclic amines) is 1. The second-order valence-electron chi connectivity index (χ2n) is 9.74. The maximum atomic E-state index is 12.9. The first-order valence-corrected chi connectivity index (χ1v) is 12.1. The number of rotatable bonds is 8. The van der Waals surface area contributed by atoms with Crippen LogP contribution < -0.4 is 4.90 Å². The quantitative estimate of drug-likeness (QED) is 0.473. The summed E-state index contributed by atoms with van der Waals surface area (Å²) in [6.45, 7) is 5.26. The van der Waals surface area contributed by atoms with Crippen LogP contribution in [0.15, 0.2) is 36.9 Å². The molecule has 1 aliphatic heterocycles. The summed E-state index contributed by atoms with van der Waals surface area (Å²) in [6.07, 6.45) is 3.10. The number of piperidine rings is 1. The SMILES string of the molecule is CC(=O)CN1CCC(Cn2cnc3c(N(Cc4ccc(C(F)(F)F)cc4)C4CC4)ncnc32)CC1. The number of carbonyl (C=O) groups is 1. The van der Waals surface area contributed by atoms with Gasteiger partial charge in [-0.1, -0.05) is 12.1 Å². The highest BCUT2D eigenvalue weighted by atomic mass is 19.4. The zero-order valence-electron chi connectivity index (χ0n) is 19.7. The molecule has 2 aromatic heterocycles. The molecular formula is C25H29F3N6O. The Balaban J connectivity index is 1.32. The number of fused-ring (bicyclic) bond motifs is 1. The van der Waals surface area contributed by atoms with E-state index in [2.05, 4.69) is 29.3 Å². The Morgan fingerprint density at radius 2 is 1.77 bits per heavy atom. The van der Waals surface area contributed by atoms with Gasteiger partial charge in [0.2, 0.25) is 0 Å². The molecule has 186 valence electrons. The number of carbonyl (C=O) groups excluding carboxylic acids is 1. The Bertz CT molecular complexity index is 1180. The molecule has 1 saturated heterocycles. The monoisotopic (exact) mass is 486 g/mol. The van der Waals surface area contributed by atoms with E-state index in [1.807, 2.05) is 6.33 Å². The number of imidazole rings is 1. The van der Waals surface area contributed by atoms with Gasteiger partial charge >= 0.3 is 6.18 Å². The normalized spacial score (nSPS) is 17.7. The lowest BCUT2D eigenvalue weighted by Crippen LogP contribution is -2.37. The summed E-state index contributed by atoms with van der Waals surface area (Å²) in [4.78, 5) is 29.4. The van der Waals surface area contributed by atoms with Crippen LogP contribution >= 0.6 is 0 Å². The molecular weight excluding hydrogens is 457 g/mol. The van der Waals surface area contributed by atoms with Gasteiger partial charge in [0.15, 0.2) is 17.0 Å². The van der Waals surface area contributed by atoms with Gasteiger partial charge in [0.05, 0.1) is 18.4 Å². The number of aromatic nitrogens is 4. The van der Waals surface area contributed by atoms with Gasteiger partial charge in [-0.25, -0.2) is 15.0 Å². The summed E-state index contributed by atoms with van der Waals surface area (Å²) in [5.41, 5.74) is 1.66. The van der Waals surface area contributed by atoms with Gasteiger partial charge in [-0.2, -0.15) is 13.2 Å². The lowest BCUT2D eigenvalue weighted by molar-refractivity contribution is -0.137. The summed E-state index contributed by atoms with van der Waals surface area (Å²) in [7, 11) is 0. The molecule has 3 aromatic rings. The van der Waals surface area contributed by atoms with E-state index in [1.165, 1.54) is 12.1 Å². The molecule has 0 unspecified atom stereocenters. The largest absolute Gasteiger partial charge is 0.416 e. The fraction of sp³-hybridized carbons (Fsp3) is 0.520. The highest BCUT2D eigenvalue weighted by Gasteiger charge is 2.33. The predicted octanol–water partition coefficient (Wildman–Crippen LogP) is 4.32. The Morgan fingerprint density at radius 3 is 2.40 bits per heavy atom.